The number of carboxylic acid groups (broad SMARTS) is 1. The number of H-pyrrole nitrogens is 1. The van der Waals surface area contributed by atoms with Gasteiger partial charge in [-0.15, -0.1) is 0 Å². The average Bonchev–Trinajstić information content (AvgIpc) is 2.74. The van der Waals surface area contributed by atoms with Gasteiger partial charge in [-0.1, -0.05) is 0 Å². The number of esters is 2. The Morgan fingerprint density at radius 3 is 2.33 bits per heavy atom. The van der Waals surface area contributed by atoms with Gasteiger partial charge in [0.25, 0.3) is 0 Å². The molecule has 0 saturated carbocycles. The first-order valence-corrected chi connectivity index (χ1v) is 6.40. The van der Waals surface area contributed by atoms with Crippen LogP contribution in [0.2, 0.25) is 0 Å². The zero-order valence-electron chi connectivity index (χ0n) is 12.1. The predicted molar refractivity (Wildman–Crippen MR) is 74.1 cm³/mol. The molecule has 0 aliphatic carbocycles. The van der Waals surface area contributed by atoms with E-state index in [0.717, 1.165) is 6.08 Å². The van der Waals surface area contributed by atoms with Crippen molar-refractivity contribution in [2.24, 2.45) is 0 Å². The van der Waals surface area contributed by atoms with Crippen LogP contribution in [0.4, 0.5) is 0 Å². The van der Waals surface area contributed by atoms with Crippen molar-refractivity contribution in [3.8, 4) is 0 Å². The third-order valence-corrected chi connectivity index (χ3v) is 2.65. The summed E-state index contributed by atoms with van der Waals surface area (Å²) in [5.41, 5.74) is 0.414. The quantitative estimate of drug-likeness (QED) is 0.612. The highest BCUT2D eigenvalue weighted by Gasteiger charge is 2.23. The molecule has 7 nitrogen and oxygen atoms in total. The molecular weight excluding hydrogens is 278 g/mol. The Hall–Kier alpha value is -2.57. The fraction of sp³-hybridized carbons (Fsp3) is 0.357. The first kappa shape index (κ1) is 16.5. The molecule has 0 radical (unpaired) electrons. The summed E-state index contributed by atoms with van der Waals surface area (Å²) in [4.78, 5) is 36.9. The number of carboxylic acids is 1. The highest BCUT2D eigenvalue weighted by atomic mass is 16.5. The molecule has 1 rings (SSSR count). The highest BCUT2D eigenvalue weighted by Crippen LogP contribution is 2.21. The van der Waals surface area contributed by atoms with Gasteiger partial charge in [0.15, 0.2) is 0 Å². The van der Waals surface area contributed by atoms with E-state index in [1.807, 2.05) is 0 Å². The number of ether oxygens (including phenoxy) is 2. The van der Waals surface area contributed by atoms with Crippen molar-refractivity contribution in [2.75, 3.05) is 13.2 Å². The number of aromatic carboxylic acids is 1. The number of nitrogens with one attached hydrogen (secondary N) is 1. The molecule has 0 spiro atoms. The molecule has 1 aromatic rings. The van der Waals surface area contributed by atoms with Crippen LogP contribution in [-0.4, -0.2) is 41.2 Å². The lowest BCUT2D eigenvalue weighted by molar-refractivity contribution is -0.137. The molecule has 2 N–H and O–H groups in total. The summed E-state index contributed by atoms with van der Waals surface area (Å²) in [6.07, 6.45) is 2.41. The maximum Gasteiger partial charge on any atom is 0.352 e. The Morgan fingerprint density at radius 1 is 1.19 bits per heavy atom. The molecule has 0 aliphatic rings. The summed E-state index contributed by atoms with van der Waals surface area (Å²) in [6, 6.07) is 0. The second-order valence-electron chi connectivity index (χ2n) is 4.02. The molecule has 0 fully saturated rings. The van der Waals surface area contributed by atoms with Crippen LogP contribution < -0.4 is 0 Å². The molecule has 0 bridgehead atoms. The summed E-state index contributed by atoms with van der Waals surface area (Å²) < 4.78 is 9.62. The molecule has 0 aliphatic heterocycles. The van der Waals surface area contributed by atoms with Crippen LogP contribution in [-0.2, 0) is 14.3 Å². The van der Waals surface area contributed by atoms with Crippen LogP contribution in [0.1, 0.15) is 46.0 Å². The van der Waals surface area contributed by atoms with E-state index in [4.69, 9.17) is 14.6 Å². The minimum absolute atomic E-state index is 0.0924. The Morgan fingerprint density at radius 2 is 1.81 bits per heavy atom. The van der Waals surface area contributed by atoms with Crippen LogP contribution in [0, 0.1) is 6.92 Å². The first-order chi connectivity index (χ1) is 9.92. The number of carbonyl (C=O) groups is 3. The fourth-order valence-corrected chi connectivity index (χ4v) is 1.76. The molecule has 0 amide bonds. The van der Waals surface area contributed by atoms with E-state index >= 15 is 0 Å². The first-order valence-electron chi connectivity index (χ1n) is 6.40. The summed E-state index contributed by atoms with van der Waals surface area (Å²) >= 11 is 0. The Labute approximate surface area is 121 Å². The Balaban J connectivity index is 3.23. The topological polar surface area (TPSA) is 106 Å². The molecular formula is C14H17NO6. The molecule has 1 heterocycles. The van der Waals surface area contributed by atoms with Gasteiger partial charge in [0.2, 0.25) is 0 Å². The number of aromatic amines is 1. The second kappa shape index (κ2) is 7.28. The normalized spacial score (nSPS) is 10.6. The van der Waals surface area contributed by atoms with E-state index in [1.165, 1.54) is 13.0 Å². The standard InChI is InChI=1S/C14H17NO6/c1-4-20-10(16)7-6-9-11(14(19)21-5-2)8(3)12(15-9)13(17)18/h6-7,15H,4-5H2,1-3H3,(H,17,18). The van der Waals surface area contributed by atoms with Gasteiger partial charge in [-0.25, -0.2) is 14.4 Å². The Kier molecular flexibility index (Phi) is 5.71. The van der Waals surface area contributed by atoms with Crippen molar-refractivity contribution < 1.29 is 29.0 Å². The molecule has 0 atom stereocenters. The van der Waals surface area contributed by atoms with Gasteiger partial charge in [-0.05, 0) is 32.4 Å². The molecule has 21 heavy (non-hydrogen) atoms. The summed E-state index contributed by atoms with van der Waals surface area (Å²) in [5.74, 6) is -2.44. The summed E-state index contributed by atoms with van der Waals surface area (Å²) in [6.45, 7) is 5.18. The molecule has 0 saturated heterocycles. The van der Waals surface area contributed by atoms with Crippen molar-refractivity contribution >= 4 is 24.0 Å². The van der Waals surface area contributed by atoms with Crippen molar-refractivity contribution in [3.05, 3.63) is 28.6 Å². The van der Waals surface area contributed by atoms with Crippen molar-refractivity contribution in [3.63, 3.8) is 0 Å². The van der Waals surface area contributed by atoms with Gasteiger partial charge in [0.05, 0.1) is 24.5 Å². The van der Waals surface area contributed by atoms with E-state index < -0.39 is 17.9 Å². The zero-order chi connectivity index (χ0) is 16.0. The minimum Gasteiger partial charge on any atom is -0.477 e. The lowest BCUT2D eigenvalue weighted by Gasteiger charge is -2.02. The molecule has 7 heteroatoms. The molecule has 114 valence electrons. The SMILES string of the molecule is CCOC(=O)C=Cc1[nH]c(C(=O)O)c(C)c1C(=O)OCC. The summed E-state index contributed by atoms with van der Waals surface area (Å²) in [7, 11) is 0. The molecule has 0 aromatic carbocycles. The van der Waals surface area contributed by atoms with Gasteiger partial charge in [0.1, 0.15) is 5.69 Å². The van der Waals surface area contributed by atoms with E-state index in [1.54, 1.807) is 13.8 Å². The van der Waals surface area contributed by atoms with Crippen LogP contribution in [0.5, 0.6) is 0 Å². The van der Waals surface area contributed by atoms with Crippen molar-refractivity contribution in [2.45, 2.75) is 20.8 Å². The molecule has 1 aromatic heterocycles. The lowest BCUT2D eigenvalue weighted by Crippen LogP contribution is -2.07. The van der Waals surface area contributed by atoms with E-state index in [9.17, 15) is 14.4 Å². The number of hydrogen-bond donors (Lipinski definition) is 2. The van der Waals surface area contributed by atoms with Gasteiger partial charge in [0, 0.05) is 6.08 Å². The summed E-state index contributed by atoms with van der Waals surface area (Å²) in [5, 5.41) is 9.08. The van der Waals surface area contributed by atoms with E-state index in [0.29, 0.717) is 0 Å². The molecule has 0 unspecified atom stereocenters. The third kappa shape index (κ3) is 3.95. The maximum atomic E-state index is 11.9. The monoisotopic (exact) mass is 295 g/mol. The highest BCUT2D eigenvalue weighted by molar-refractivity contribution is 6.01. The van der Waals surface area contributed by atoms with Crippen molar-refractivity contribution in [1.29, 1.82) is 0 Å². The minimum atomic E-state index is -1.20. The number of carbonyl (C=O) groups excluding carboxylic acids is 2. The van der Waals surface area contributed by atoms with Gasteiger partial charge < -0.3 is 19.6 Å². The van der Waals surface area contributed by atoms with Gasteiger partial charge in [-0.3, -0.25) is 0 Å². The van der Waals surface area contributed by atoms with E-state index in [2.05, 4.69) is 4.98 Å². The predicted octanol–water partition coefficient (Wildman–Crippen LogP) is 1.77. The maximum absolute atomic E-state index is 11.9. The largest absolute Gasteiger partial charge is 0.477 e. The second-order valence-corrected chi connectivity index (χ2v) is 4.02. The van der Waals surface area contributed by atoms with E-state index in [-0.39, 0.29) is 35.7 Å². The van der Waals surface area contributed by atoms with Crippen molar-refractivity contribution in [1.82, 2.24) is 4.98 Å². The number of hydrogen-bond acceptors (Lipinski definition) is 5. The zero-order valence-corrected chi connectivity index (χ0v) is 12.1. The van der Waals surface area contributed by atoms with Gasteiger partial charge >= 0.3 is 17.9 Å². The number of rotatable bonds is 6. The van der Waals surface area contributed by atoms with Crippen LogP contribution in [0.25, 0.3) is 6.08 Å². The Bertz CT molecular complexity index is 585. The third-order valence-electron chi connectivity index (χ3n) is 2.65. The number of aromatic nitrogens is 1. The van der Waals surface area contributed by atoms with Crippen LogP contribution in [0.15, 0.2) is 6.08 Å². The van der Waals surface area contributed by atoms with Crippen LogP contribution >= 0.6 is 0 Å². The van der Waals surface area contributed by atoms with Crippen LogP contribution in [0.3, 0.4) is 0 Å². The smallest absolute Gasteiger partial charge is 0.352 e. The lowest BCUT2D eigenvalue weighted by atomic mass is 10.1. The van der Waals surface area contributed by atoms with Gasteiger partial charge in [-0.2, -0.15) is 0 Å². The average molecular weight is 295 g/mol. The fourth-order valence-electron chi connectivity index (χ4n) is 1.76.